The summed E-state index contributed by atoms with van der Waals surface area (Å²) in [5.74, 6) is 0.166. The molecule has 38 heavy (non-hydrogen) atoms. The third-order valence-corrected chi connectivity index (χ3v) is 8.51. The fraction of sp³-hybridized carbons (Fsp3) is 0.533. The van der Waals surface area contributed by atoms with Crippen molar-refractivity contribution < 1.29 is 23.5 Å². The topological polar surface area (TPSA) is 59.1 Å². The molecule has 204 valence electrons. The lowest BCUT2D eigenvalue weighted by molar-refractivity contribution is -0.169. The highest BCUT2D eigenvalue weighted by Crippen LogP contribution is 2.44. The minimum atomic E-state index is -1.01. The van der Waals surface area contributed by atoms with Gasteiger partial charge in [0.1, 0.15) is 23.8 Å². The average Bonchev–Trinajstić information content (AvgIpc) is 3.43. The summed E-state index contributed by atoms with van der Waals surface area (Å²) < 4.78 is 27.4. The zero-order valence-corrected chi connectivity index (χ0v) is 22.6. The number of carbonyl (C=O) groups excluding carboxylic acids is 2. The minimum absolute atomic E-state index is 0.0124. The number of piperidine rings is 1. The van der Waals surface area contributed by atoms with E-state index < -0.39 is 11.0 Å². The Hall–Kier alpha value is -2.64. The second kappa shape index (κ2) is 11.6. The molecule has 0 aromatic heterocycles. The molecule has 1 saturated carbocycles. The largest absolute Gasteiger partial charge is 0.490 e. The van der Waals surface area contributed by atoms with E-state index >= 15 is 4.39 Å². The van der Waals surface area contributed by atoms with Gasteiger partial charge < -0.3 is 19.3 Å². The first-order chi connectivity index (χ1) is 18.4. The molecule has 0 bridgehead atoms. The van der Waals surface area contributed by atoms with Crippen LogP contribution >= 0.6 is 11.6 Å². The Labute approximate surface area is 229 Å². The Morgan fingerprint density at radius 3 is 2.45 bits per heavy atom. The molecule has 0 N–H and O–H groups in total. The van der Waals surface area contributed by atoms with Crippen LogP contribution in [0, 0.1) is 5.82 Å². The number of hydrogen-bond acceptors (Lipinski definition) is 4. The number of carbonyl (C=O) groups is 2. The number of nitrogens with zero attached hydrogens (tertiary/aromatic N) is 2. The third kappa shape index (κ3) is 5.69. The standard InChI is InChI=1S/C30H36ClFN2O4/c31-23-9-8-10-24(19-23)37-22-29(20-27(35)33-15-6-1-7-16-33)21-34(17-18-38-29)28(36)30(13-4-5-14-30)25-11-2-3-12-26(25)32/h2-3,8-12,19H,1,4-7,13-18,20-22H2/t29-/m1/s1. The van der Waals surface area contributed by atoms with Gasteiger partial charge in [-0.2, -0.15) is 0 Å². The summed E-state index contributed by atoms with van der Waals surface area (Å²) in [6.07, 6.45) is 6.21. The van der Waals surface area contributed by atoms with Crippen LogP contribution in [0.5, 0.6) is 5.75 Å². The van der Waals surface area contributed by atoms with Crippen LogP contribution in [0.25, 0.3) is 0 Å². The van der Waals surface area contributed by atoms with E-state index in [9.17, 15) is 9.59 Å². The normalized spacial score (nSPS) is 23.3. The molecular weight excluding hydrogens is 507 g/mol. The smallest absolute Gasteiger partial charge is 0.233 e. The molecule has 8 heteroatoms. The molecule has 2 aliphatic heterocycles. The van der Waals surface area contributed by atoms with Crippen LogP contribution in [0.15, 0.2) is 48.5 Å². The van der Waals surface area contributed by atoms with Crippen LogP contribution in [-0.4, -0.2) is 66.6 Å². The molecule has 6 nitrogen and oxygen atoms in total. The molecule has 2 saturated heterocycles. The average molecular weight is 543 g/mol. The number of hydrogen-bond donors (Lipinski definition) is 0. The number of rotatable bonds is 7. The number of halogens is 2. The quantitative estimate of drug-likeness (QED) is 0.472. The second-order valence-electron chi connectivity index (χ2n) is 10.9. The van der Waals surface area contributed by atoms with E-state index in [-0.39, 0.29) is 43.8 Å². The van der Waals surface area contributed by atoms with Crippen molar-refractivity contribution in [2.45, 2.75) is 62.4 Å². The molecule has 3 aliphatic rings. The van der Waals surface area contributed by atoms with Crippen molar-refractivity contribution in [3.05, 3.63) is 64.9 Å². The first-order valence-electron chi connectivity index (χ1n) is 13.8. The van der Waals surface area contributed by atoms with Crippen LogP contribution in [0.4, 0.5) is 4.39 Å². The predicted molar refractivity (Wildman–Crippen MR) is 144 cm³/mol. The Morgan fingerprint density at radius 2 is 1.71 bits per heavy atom. The van der Waals surface area contributed by atoms with Gasteiger partial charge in [-0.15, -0.1) is 0 Å². The van der Waals surface area contributed by atoms with E-state index in [1.165, 1.54) is 6.07 Å². The maximum absolute atomic E-state index is 15.0. The van der Waals surface area contributed by atoms with E-state index in [0.29, 0.717) is 35.7 Å². The Balaban J connectivity index is 1.41. The highest BCUT2D eigenvalue weighted by Gasteiger charge is 2.50. The van der Waals surface area contributed by atoms with Crippen molar-refractivity contribution >= 4 is 23.4 Å². The maximum atomic E-state index is 15.0. The van der Waals surface area contributed by atoms with Crippen LogP contribution in [0.2, 0.25) is 5.02 Å². The number of amides is 2. The van der Waals surface area contributed by atoms with E-state index in [1.54, 1.807) is 41.3 Å². The molecular formula is C30H36ClFN2O4. The van der Waals surface area contributed by atoms with Gasteiger partial charge in [-0.1, -0.05) is 48.7 Å². The van der Waals surface area contributed by atoms with Gasteiger partial charge in [0.2, 0.25) is 11.8 Å². The molecule has 0 spiro atoms. The molecule has 3 fully saturated rings. The summed E-state index contributed by atoms with van der Waals surface area (Å²) in [4.78, 5) is 31.3. The summed E-state index contributed by atoms with van der Waals surface area (Å²) in [6, 6.07) is 13.7. The number of ether oxygens (including phenoxy) is 2. The van der Waals surface area contributed by atoms with Gasteiger partial charge in [-0.05, 0) is 56.4 Å². The lowest BCUT2D eigenvalue weighted by Gasteiger charge is -2.45. The molecule has 2 aromatic rings. The first kappa shape index (κ1) is 26.9. The van der Waals surface area contributed by atoms with Gasteiger partial charge >= 0.3 is 0 Å². The van der Waals surface area contributed by atoms with Crippen LogP contribution < -0.4 is 4.74 Å². The van der Waals surface area contributed by atoms with Crippen molar-refractivity contribution in [3.8, 4) is 5.75 Å². The fourth-order valence-corrected chi connectivity index (χ4v) is 6.48. The van der Waals surface area contributed by atoms with Crippen molar-refractivity contribution in [3.63, 3.8) is 0 Å². The summed E-state index contributed by atoms with van der Waals surface area (Å²) in [5.41, 5.74) is -1.43. The molecule has 2 heterocycles. The second-order valence-corrected chi connectivity index (χ2v) is 11.3. The maximum Gasteiger partial charge on any atom is 0.233 e. The van der Waals surface area contributed by atoms with E-state index in [0.717, 1.165) is 45.2 Å². The molecule has 1 atom stereocenters. The molecule has 2 aromatic carbocycles. The van der Waals surface area contributed by atoms with Gasteiger partial charge in [0.25, 0.3) is 0 Å². The number of morpholine rings is 1. The Bertz CT molecular complexity index is 1150. The molecule has 0 radical (unpaired) electrons. The van der Waals surface area contributed by atoms with E-state index in [2.05, 4.69) is 0 Å². The lowest BCUT2D eigenvalue weighted by atomic mass is 9.76. The van der Waals surface area contributed by atoms with E-state index in [4.69, 9.17) is 21.1 Å². The fourth-order valence-electron chi connectivity index (χ4n) is 6.29. The van der Waals surface area contributed by atoms with Gasteiger partial charge in [0.15, 0.2) is 0 Å². The van der Waals surface area contributed by atoms with Crippen LogP contribution in [0.1, 0.15) is 56.9 Å². The van der Waals surface area contributed by atoms with Crippen molar-refractivity contribution in [2.75, 3.05) is 39.4 Å². The summed E-state index contributed by atoms with van der Waals surface area (Å²) in [6.45, 7) is 2.47. The summed E-state index contributed by atoms with van der Waals surface area (Å²) in [7, 11) is 0. The monoisotopic (exact) mass is 542 g/mol. The zero-order valence-electron chi connectivity index (χ0n) is 21.8. The van der Waals surface area contributed by atoms with Crippen molar-refractivity contribution in [1.82, 2.24) is 9.80 Å². The lowest BCUT2D eigenvalue weighted by Crippen LogP contribution is -2.61. The highest BCUT2D eigenvalue weighted by atomic mass is 35.5. The number of likely N-dealkylation sites (tertiary alicyclic amines) is 1. The molecule has 5 rings (SSSR count). The van der Waals surface area contributed by atoms with Crippen LogP contribution in [0.3, 0.4) is 0 Å². The molecule has 2 amide bonds. The third-order valence-electron chi connectivity index (χ3n) is 8.27. The summed E-state index contributed by atoms with van der Waals surface area (Å²) >= 11 is 6.16. The van der Waals surface area contributed by atoms with Gasteiger partial charge in [-0.3, -0.25) is 9.59 Å². The summed E-state index contributed by atoms with van der Waals surface area (Å²) in [5, 5.41) is 0.551. The molecule has 1 aliphatic carbocycles. The van der Waals surface area contributed by atoms with E-state index in [1.807, 2.05) is 11.0 Å². The zero-order chi connectivity index (χ0) is 26.6. The minimum Gasteiger partial charge on any atom is -0.490 e. The Kier molecular flexibility index (Phi) is 8.24. The van der Waals surface area contributed by atoms with Crippen LogP contribution in [-0.2, 0) is 19.7 Å². The Morgan fingerprint density at radius 1 is 0.947 bits per heavy atom. The first-order valence-corrected chi connectivity index (χ1v) is 14.1. The highest BCUT2D eigenvalue weighted by molar-refractivity contribution is 6.30. The van der Waals surface area contributed by atoms with Gasteiger partial charge in [0.05, 0.1) is 25.0 Å². The SMILES string of the molecule is O=C(C[C@]1(COc2cccc(Cl)c2)CN(C(=O)C2(c3ccccc3F)CCCC2)CCO1)N1CCCCC1. The van der Waals surface area contributed by atoms with Gasteiger partial charge in [-0.25, -0.2) is 4.39 Å². The predicted octanol–water partition coefficient (Wildman–Crippen LogP) is 5.37. The number of benzene rings is 2. The van der Waals surface area contributed by atoms with Crippen molar-refractivity contribution in [2.24, 2.45) is 0 Å². The van der Waals surface area contributed by atoms with Gasteiger partial charge in [0, 0.05) is 30.2 Å². The van der Waals surface area contributed by atoms with Crippen molar-refractivity contribution in [1.29, 1.82) is 0 Å². The molecule has 0 unspecified atom stereocenters.